The Hall–Kier alpha value is -7.20. The van der Waals surface area contributed by atoms with Crippen molar-refractivity contribution in [2.75, 3.05) is 20.8 Å². The maximum Gasteiger partial charge on any atom is 0.306 e. The molecule has 0 fully saturated rings. The molecule has 396 valence electrons. The number of allylic oxidation sites excluding steroid dienone is 4. The minimum atomic E-state index is -0.838. The zero-order valence-corrected chi connectivity index (χ0v) is 43.6. The molecule has 0 unspecified atom stereocenters. The number of rotatable bonds is 19. The second kappa shape index (κ2) is 28.3. The fourth-order valence-corrected chi connectivity index (χ4v) is 8.39. The molecule has 74 heavy (non-hydrogen) atoms. The molecule has 8 nitrogen and oxygen atoms in total. The van der Waals surface area contributed by atoms with Crippen LogP contribution >= 0.6 is 0 Å². The van der Waals surface area contributed by atoms with E-state index in [0.29, 0.717) is 60.4 Å². The van der Waals surface area contributed by atoms with Crippen LogP contribution in [0.1, 0.15) is 135 Å². The summed E-state index contributed by atoms with van der Waals surface area (Å²) in [4.78, 5) is 23.2. The molecule has 0 aliphatic heterocycles. The number of carboxylic acid groups (broad SMARTS) is 1. The molecule has 6 rings (SSSR count). The maximum absolute atomic E-state index is 14.9. The third-order valence-corrected chi connectivity index (χ3v) is 12.1. The lowest BCUT2D eigenvalue weighted by molar-refractivity contribution is -0.143. The first-order valence-corrected chi connectivity index (χ1v) is 24.3. The van der Waals surface area contributed by atoms with E-state index in [-0.39, 0.29) is 61.5 Å². The Balaban J connectivity index is 0.000000381. The molecule has 0 bridgehead atoms. The van der Waals surface area contributed by atoms with Crippen molar-refractivity contribution in [2.24, 2.45) is 0 Å². The summed E-state index contributed by atoms with van der Waals surface area (Å²) in [5.74, 6) is 0.716. The molecule has 6 aromatic rings. The zero-order chi connectivity index (χ0) is 52.6. The number of carbonyl (C=O) groups is 2. The van der Waals surface area contributed by atoms with Crippen molar-refractivity contribution in [2.45, 2.75) is 126 Å². The van der Waals surface area contributed by atoms with Crippen LogP contribution in [0.25, 0.3) is 22.3 Å². The number of aliphatic carboxylic acids is 1. The summed E-state index contributed by atoms with van der Waals surface area (Å²) >= 11 is 0. The lowest BCUT2D eigenvalue weighted by Crippen LogP contribution is -2.13. The van der Waals surface area contributed by atoms with Crippen molar-refractivity contribution in [1.82, 2.24) is 0 Å². The van der Waals surface area contributed by atoms with Crippen LogP contribution in [0.4, 0.5) is 8.78 Å². The number of halogens is 2. The Kier molecular flexibility index (Phi) is 23.4. The Morgan fingerprint density at radius 3 is 1.26 bits per heavy atom. The topological polar surface area (TPSA) is 101 Å². The average molecular weight is 1010 g/mol. The van der Waals surface area contributed by atoms with E-state index < -0.39 is 5.97 Å². The highest BCUT2D eigenvalue weighted by atomic mass is 19.1. The number of hydrogen-bond acceptors (Lipinski definition) is 7. The van der Waals surface area contributed by atoms with Crippen molar-refractivity contribution in [3.05, 3.63) is 191 Å². The third kappa shape index (κ3) is 17.2. The average Bonchev–Trinajstić information content (AvgIpc) is 3.35. The van der Waals surface area contributed by atoms with Crippen LogP contribution in [0.2, 0.25) is 0 Å². The SMILES string of the molecule is C.C.C/C=C/[C@H](CC(=O)O)c1ccc(OCc2ccc(C(C)(C)C)c(-c3cc(OC)ccc3F)c2)cc1.C/C=C/[C@H](CC(=O)OCC)c1ccc(OCc2ccc(C(C)(C)C)c(-c3cc(OC)ccc3F)c2)cc1. The second-order valence-electron chi connectivity index (χ2n) is 19.5. The maximum atomic E-state index is 14.9. The van der Waals surface area contributed by atoms with E-state index in [0.717, 1.165) is 44.5 Å². The van der Waals surface area contributed by atoms with Gasteiger partial charge in [0, 0.05) is 23.0 Å². The Morgan fingerprint density at radius 1 is 0.541 bits per heavy atom. The normalized spacial score (nSPS) is 12.1. The van der Waals surface area contributed by atoms with Crippen LogP contribution in [0, 0.1) is 11.6 Å². The van der Waals surface area contributed by atoms with E-state index in [1.54, 1.807) is 38.5 Å². The van der Waals surface area contributed by atoms with Crippen molar-refractivity contribution in [1.29, 1.82) is 0 Å². The highest BCUT2D eigenvalue weighted by molar-refractivity contribution is 5.73. The van der Waals surface area contributed by atoms with Gasteiger partial charge in [0.2, 0.25) is 0 Å². The number of carbonyl (C=O) groups excluding carboxylic acids is 1. The molecule has 6 aromatic carbocycles. The molecule has 0 saturated heterocycles. The fourth-order valence-electron chi connectivity index (χ4n) is 8.39. The number of hydrogen-bond donors (Lipinski definition) is 1. The minimum absolute atomic E-state index is 0. The van der Waals surface area contributed by atoms with Crippen molar-refractivity contribution < 1.29 is 47.2 Å². The fraction of sp³-hybridized carbons (Fsp3) is 0.344. The highest BCUT2D eigenvalue weighted by Gasteiger charge is 2.24. The standard InChI is InChI=1S/C32H37FO4.C30H33FO4.2CH4/c1-7-9-24(19-31(34)36-8-2)23-11-13-25(14-12-23)37-21-22-10-16-29(32(3,4)5)27(18-22)28-20-26(35-6)15-17-30(28)33;1-6-7-22(17-29(32)33)21-9-11-23(12-10-21)35-19-20-8-14-27(30(2,3)4)25(16-20)26-18-24(34-5)13-15-28(26)31;;/h7,9-18,20,24H,8,19,21H2,1-6H3;6-16,18,22H,17,19H2,1-5H3,(H,32,33);2*1H4/b9-7+;7-6+;;/t24-;22-;;/m11../s1. The van der Waals surface area contributed by atoms with Gasteiger partial charge < -0.3 is 28.8 Å². The van der Waals surface area contributed by atoms with Crippen molar-refractivity contribution in [3.63, 3.8) is 0 Å². The van der Waals surface area contributed by atoms with Crippen LogP contribution in [0.15, 0.2) is 146 Å². The van der Waals surface area contributed by atoms with E-state index in [1.807, 2.05) is 130 Å². The summed E-state index contributed by atoms with van der Waals surface area (Å²) in [6.45, 7) is 19.3. The summed E-state index contributed by atoms with van der Waals surface area (Å²) in [5, 5.41) is 9.17. The zero-order valence-electron chi connectivity index (χ0n) is 43.6. The molecule has 2 atom stereocenters. The molecular formula is C64H78F2O8. The predicted octanol–water partition coefficient (Wildman–Crippen LogP) is 16.8. The van der Waals surface area contributed by atoms with Gasteiger partial charge in [0.25, 0.3) is 0 Å². The summed E-state index contributed by atoms with van der Waals surface area (Å²) in [6, 6.07) is 36.9. The number of benzene rings is 6. The lowest BCUT2D eigenvalue weighted by Gasteiger charge is -2.24. The number of esters is 1. The first kappa shape index (κ1) is 61.1. The molecule has 1 N–H and O–H groups in total. The van der Waals surface area contributed by atoms with E-state index >= 15 is 0 Å². The molecule has 0 amide bonds. The largest absolute Gasteiger partial charge is 0.497 e. The Labute approximate surface area is 440 Å². The third-order valence-electron chi connectivity index (χ3n) is 12.1. The van der Waals surface area contributed by atoms with Gasteiger partial charge in [-0.2, -0.15) is 0 Å². The molecule has 0 saturated carbocycles. The molecule has 10 heteroatoms. The van der Waals surface area contributed by atoms with Gasteiger partial charge in [-0.25, -0.2) is 8.78 Å². The summed E-state index contributed by atoms with van der Waals surface area (Å²) in [5.41, 5.74) is 8.15. The molecule has 0 radical (unpaired) electrons. The second-order valence-corrected chi connectivity index (χ2v) is 19.5. The van der Waals surface area contributed by atoms with E-state index in [9.17, 15) is 18.4 Å². The van der Waals surface area contributed by atoms with Gasteiger partial charge in [0.15, 0.2) is 0 Å². The Bertz CT molecular complexity index is 2800. The summed E-state index contributed by atoms with van der Waals surface area (Å²) in [7, 11) is 3.15. The minimum Gasteiger partial charge on any atom is -0.497 e. The van der Waals surface area contributed by atoms with Gasteiger partial charge >= 0.3 is 11.9 Å². The van der Waals surface area contributed by atoms with Crippen LogP contribution in [0.5, 0.6) is 23.0 Å². The number of methoxy groups -OCH3 is 2. The van der Waals surface area contributed by atoms with Crippen LogP contribution in [-0.2, 0) is 38.4 Å². The molecule has 0 heterocycles. The monoisotopic (exact) mass is 1010 g/mol. The number of carboxylic acids is 1. The van der Waals surface area contributed by atoms with E-state index in [1.165, 1.54) is 12.1 Å². The quantitative estimate of drug-likeness (QED) is 0.0633. The number of ether oxygens (including phenoxy) is 5. The first-order chi connectivity index (χ1) is 34.3. The van der Waals surface area contributed by atoms with Crippen LogP contribution in [-0.4, -0.2) is 37.9 Å². The molecule has 0 spiro atoms. The van der Waals surface area contributed by atoms with Gasteiger partial charge in [-0.3, -0.25) is 9.59 Å². The molecule has 0 aliphatic rings. The van der Waals surface area contributed by atoms with Crippen molar-refractivity contribution >= 4 is 11.9 Å². The summed E-state index contributed by atoms with van der Waals surface area (Å²) in [6.07, 6.45) is 8.03. The van der Waals surface area contributed by atoms with Gasteiger partial charge in [0.05, 0.1) is 33.7 Å². The summed E-state index contributed by atoms with van der Waals surface area (Å²) < 4.78 is 57.6. The molecular weight excluding hydrogens is 935 g/mol. The van der Waals surface area contributed by atoms with Gasteiger partial charge in [-0.1, -0.05) is 129 Å². The Morgan fingerprint density at radius 2 is 0.919 bits per heavy atom. The van der Waals surface area contributed by atoms with Gasteiger partial charge in [-0.15, -0.1) is 0 Å². The van der Waals surface area contributed by atoms with Gasteiger partial charge in [0.1, 0.15) is 47.8 Å². The first-order valence-electron chi connectivity index (χ1n) is 24.3. The smallest absolute Gasteiger partial charge is 0.306 e. The molecule has 0 aromatic heterocycles. The van der Waals surface area contributed by atoms with Crippen LogP contribution in [0.3, 0.4) is 0 Å². The van der Waals surface area contributed by atoms with Gasteiger partial charge in [-0.05, 0) is 149 Å². The lowest BCUT2D eigenvalue weighted by atomic mass is 9.81. The molecule has 0 aliphatic carbocycles. The van der Waals surface area contributed by atoms with E-state index in [4.69, 9.17) is 28.8 Å². The highest BCUT2D eigenvalue weighted by Crippen LogP contribution is 2.39. The van der Waals surface area contributed by atoms with E-state index in [2.05, 4.69) is 41.5 Å². The van der Waals surface area contributed by atoms with Crippen molar-refractivity contribution in [3.8, 4) is 45.3 Å². The van der Waals surface area contributed by atoms with Crippen LogP contribution < -0.4 is 18.9 Å². The predicted molar refractivity (Wildman–Crippen MR) is 298 cm³/mol.